The largest absolute Gasteiger partial charge is 0.489 e. The van der Waals surface area contributed by atoms with Gasteiger partial charge in [-0.05, 0) is 105 Å². The molecule has 0 spiro atoms. The Hall–Kier alpha value is -2.49. The highest BCUT2D eigenvalue weighted by molar-refractivity contribution is 14.1. The molecule has 0 N–H and O–H groups in total. The predicted molar refractivity (Wildman–Crippen MR) is 168 cm³/mol. The smallest absolute Gasteiger partial charge is 0.173 e. The normalized spacial score (nSPS) is 10.9. The van der Waals surface area contributed by atoms with Crippen LogP contribution in [0.15, 0.2) is 142 Å². The second-order valence-corrected chi connectivity index (χ2v) is 12.9. The maximum Gasteiger partial charge on any atom is 0.173 e. The first kappa shape index (κ1) is 26.1. The van der Waals surface area contributed by atoms with E-state index in [2.05, 4.69) is 167 Å². The summed E-state index contributed by atoms with van der Waals surface area (Å²) in [4.78, 5) is 3.68. The lowest BCUT2D eigenvalue weighted by molar-refractivity contribution is 0.288. The average molecular weight is 727 g/mol. The Balaban J connectivity index is 1.50. The van der Waals surface area contributed by atoms with Crippen LogP contribution in [0, 0.1) is 7.14 Å². The Morgan fingerprint density at radius 1 is 0.459 bits per heavy atom. The molecule has 0 aliphatic carbocycles. The number of benzene rings is 5. The highest BCUT2D eigenvalue weighted by atomic mass is 127. The summed E-state index contributed by atoms with van der Waals surface area (Å²) < 4.78 is 15.1. The minimum atomic E-state index is -0.300. The van der Waals surface area contributed by atoms with Crippen molar-refractivity contribution in [2.75, 3.05) is 0 Å². The van der Waals surface area contributed by atoms with E-state index in [1.165, 1.54) is 16.9 Å². The first-order chi connectivity index (χ1) is 18.1. The molecule has 0 bridgehead atoms. The Labute approximate surface area is 248 Å². The van der Waals surface area contributed by atoms with E-state index in [0.29, 0.717) is 13.2 Å². The molecule has 0 saturated heterocycles. The molecule has 0 aliphatic heterocycles. The van der Waals surface area contributed by atoms with Crippen molar-refractivity contribution >= 4 is 56.1 Å². The first-order valence-electron chi connectivity index (χ1n) is 11.9. The molecular formula is C32H25I2O2S+. The molecule has 5 rings (SSSR count). The van der Waals surface area contributed by atoms with Gasteiger partial charge < -0.3 is 9.47 Å². The molecular weight excluding hydrogens is 702 g/mol. The van der Waals surface area contributed by atoms with E-state index in [1.807, 2.05) is 6.07 Å². The van der Waals surface area contributed by atoms with Crippen LogP contribution in [0.25, 0.3) is 0 Å². The maximum atomic E-state index is 6.32. The fraction of sp³-hybridized carbons (Fsp3) is 0.0625. The van der Waals surface area contributed by atoms with E-state index in [1.54, 1.807) is 0 Å². The Morgan fingerprint density at radius 3 is 1.27 bits per heavy atom. The fourth-order valence-corrected chi connectivity index (χ4v) is 6.71. The third-order valence-electron chi connectivity index (χ3n) is 5.68. The van der Waals surface area contributed by atoms with E-state index in [9.17, 15) is 0 Å². The van der Waals surface area contributed by atoms with Crippen LogP contribution in [-0.4, -0.2) is 0 Å². The van der Waals surface area contributed by atoms with E-state index < -0.39 is 0 Å². The molecule has 2 nitrogen and oxygen atoms in total. The number of ether oxygens (including phenoxy) is 2. The monoisotopic (exact) mass is 727 g/mol. The van der Waals surface area contributed by atoms with Crippen molar-refractivity contribution < 1.29 is 9.47 Å². The summed E-state index contributed by atoms with van der Waals surface area (Å²) in [7, 11) is -0.300. The zero-order chi connectivity index (χ0) is 25.5. The van der Waals surface area contributed by atoms with E-state index in [-0.39, 0.29) is 10.9 Å². The van der Waals surface area contributed by atoms with Crippen LogP contribution >= 0.6 is 45.2 Å². The van der Waals surface area contributed by atoms with E-state index >= 15 is 0 Å². The van der Waals surface area contributed by atoms with Gasteiger partial charge in [0.05, 0.1) is 10.9 Å². The summed E-state index contributed by atoms with van der Waals surface area (Å²) >= 11 is 4.64. The second-order valence-electron chi connectivity index (χ2n) is 8.40. The highest BCUT2D eigenvalue weighted by Gasteiger charge is 2.29. The standard InChI is InChI=1S/C32H25I2O2S/c33-26-15-11-24(12-16-26)22-35-28-19-29(36-23-25-13-17-27(34)18-14-25)21-32(20-28)37(30-7-3-1-4-8-30)31-9-5-2-6-10-31/h1-21H,22-23H2/q+1. The van der Waals surface area contributed by atoms with Crippen molar-refractivity contribution in [3.05, 3.63) is 146 Å². The minimum absolute atomic E-state index is 0.300. The van der Waals surface area contributed by atoms with Gasteiger partial charge in [-0.2, -0.15) is 0 Å². The van der Waals surface area contributed by atoms with Crippen LogP contribution in [0.5, 0.6) is 11.5 Å². The van der Waals surface area contributed by atoms with Gasteiger partial charge in [0.2, 0.25) is 0 Å². The molecule has 0 aromatic heterocycles. The van der Waals surface area contributed by atoms with Crippen LogP contribution in [0.3, 0.4) is 0 Å². The second kappa shape index (κ2) is 12.8. The summed E-state index contributed by atoms with van der Waals surface area (Å²) in [6.07, 6.45) is 0. The SMILES string of the molecule is Ic1ccc(COc2cc(OCc3ccc(I)cc3)cc([S+](c3ccccc3)c3ccccc3)c2)cc1. The third-order valence-corrected chi connectivity index (χ3v) is 9.32. The molecule has 0 fully saturated rings. The summed E-state index contributed by atoms with van der Waals surface area (Å²) in [6.45, 7) is 1.00. The Kier molecular flexibility index (Phi) is 9.07. The van der Waals surface area contributed by atoms with Gasteiger partial charge in [-0.1, -0.05) is 60.7 Å². The Morgan fingerprint density at radius 2 is 0.865 bits per heavy atom. The minimum Gasteiger partial charge on any atom is -0.489 e. The molecule has 0 unspecified atom stereocenters. The zero-order valence-electron chi connectivity index (χ0n) is 20.0. The molecule has 0 aliphatic rings. The van der Waals surface area contributed by atoms with Gasteiger partial charge in [-0.15, -0.1) is 0 Å². The lowest BCUT2D eigenvalue weighted by atomic mass is 10.2. The van der Waals surface area contributed by atoms with Gasteiger partial charge >= 0.3 is 0 Å². The Bertz CT molecular complexity index is 1320. The molecule has 37 heavy (non-hydrogen) atoms. The molecule has 5 aromatic carbocycles. The molecule has 0 radical (unpaired) electrons. The van der Waals surface area contributed by atoms with Crippen LogP contribution in [0.1, 0.15) is 11.1 Å². The lowest BCUT2D eigenvalue weighted by Gasteiger charge is -2.14. The summed E-state index contributed by atoms with van der Waals surface area (Å²) in [6, 6.07) is 44.5. The number of hydrogen-bond donors (Lipinski definition) is 0. The summed E-state index contributed by atoms with van der Waals surface area (Å²) in [5.74, 6) is 1.61. The van der Waals surface area contributed by atoms with Crippen molar-refractivity contribution in [2.45, 2.75) is 27.9 Å². The quantitative estimate of drug-likeness (QED) is 0.111. The summed E-state index contributed by atoms with van der Waals surface area (Å²) in [5, 5.41) is 0. The van der Waals surface area contributed by atoms with Crippen molar-refractivity contribution in [3.63, 3.8) is 0 Å². The van der Waals surface area contributed by atoms with Crippen LogP contribution in [0.4, 0.5) is 0 Å². The van der Waals surface area contributed by atoms with Crippen molar-refractivity contribution in [1.82, 2.24) is 0 Å². The third kappa shape index (κ3) is 7.30. The topological polar surface area (TPSA) is 18.5 Å². The molecule has 0 amide bonds. The van der Waals surface area contributed by atoms with Crippen LogP contribution in [-0.2, 0) is 24.1 Å². The van der Waals surface area contributed by atoms with E-state index in [0.717, 1.165) is 27.5 Å². The van der Waals surface area contributed by atoms with Gasteiger partial charge in [0.25, 0.3) is 0 Å². The first-order valence-corrected chi connectivity index (χ1v) is 15.3. The lowest BCUT2D eigenvalue weighted by Crippen LogP contribution is -2.06. The molecule has 5 aromatic rings. The van der Waals surface area contributed by atoms with Crippen molar-refractivity contribution in [1.29, 1.82) is 0 Å². The van der Waals surface area contributed by atoms with Gasteiger partial charge in [0.1, 0.15) is 24.7 Å². The van der Waals surface area contributed by atoms with Crippen molar-refractivity contribution in [3.8, 4) is 11.5 Å². The number of rotatable bonds is 9. The zero-order valence-corrected chi connectivity index (χ0v) is 25.2. The van der Waals surface area contributed by atoms with Gasteiger partial charge in [0.15, 0.2) is 14.7 Å². The number of halogens is 2. The van der Waals surface area contributed by atoms with E-state index in [4.69, 9.17) is 9.47 Å². The highest BCUT2D eigenvalue weighted by Crippen LogP contribution is 2.36. The molecule has 0 atom stereocenters. The number of hydrogen-bond acceptors (Lipinski definition) is 2. The average Bonchev–Trinajstić information content (AvgIpc) is 2.94. The van der Waals surface area contributed by atoms with Crippen molar-refractivity contribution in [2.24, 2.45) is 0 Å². The molecule has 5 heteroatoms. The molecule has 184 valence electrons. The van der Waals surface area contributed by atoms with Crippen LogP contribution in [0.2, 0.25) is 0 Å². The molecule has 0 saturated carbocycles. The van der Waals surface area contributed by atoms with Gasteiger partial charge in [0, 0.05) is 25.3 Å². The van der Waals surface area contributed by atoms with Gasteiger partial charge in [-0.3, -0.25) is 0 Å². The predicted octanol–water partition coefficient (Wildman–Crippen LogP) is 9.15. The molecule has 0 heterocycles. The fourth-order valence-electron chi connectivity index (χ4n) is 3.85. The summed E-state index contributed by atoms with van der Waals surface area (Å²) in [5.41, 5.74) is 2.27. The maximum absolute atomic E-state index is 6.32. The van der Waals surface area contributed by atoms with Crippen LogP contribution < -0.4 is 9.47 Å². The van der Waals surface area contributed by atoms with Gasteiger partial charge in [-0.25, -0.2) is 0 Å².